The summed E-state index contributed by atoms with van der Waals surface area (Å²) in [7, 11) is 0. The maximum absolute atomic E-state index is 14.2. The molecule has 2 aromatic rings. The molecule has 0 unspecified atom stereocenters. The third kappa shape index (κ3) is 5.88. The Hall–Kier alpha value is -2.38. The first-order chi connectivity index (χ1) is 12.1. The first-order valence-electron chi connectivity index (χ1n) is 7.46. The maximum Gasteiger partial charge on any atom is 0.412 e. The van der Waals surface area contributed by atoms with E-state index in [0.29, 0.717) is 0 Å². The smallest absolute Gasteiger partial charge is 0.412 e. The molecule has 25 heavy (non-hydrogen) atoms. The quantitative estimate of drug-likeness (QED) is 0.670. The summed E-state index contributed by atoms with van der Waals surface area (Å²) < 4.78 is 24.9. The fraction of sp³-hybridized carbons (Fsp3) is 0.167. The van der Waals surface area contributed by atoms with Crippen LogP contribution in [0.15, 0.2) is 59.1 Å². The van der Waals surface area contributed by atoms with Crippen molar-refractivity contribution >= 4 is 27.7 Å². The molecule has 0 heterocycles. The minimum atomic E-state index is -0.721. The molecule has 2 N–H and O–H groups in total. The Balaban J connectivity index is 2.03. The second kappa shape index (κ2) is 9.80. The number of rotatable bonds is 7. The van der Waals surface area contributed by atoms with Gasteiger partial charge < -0.3 is 14.6 Å². The highest BCUT2D eigenvalue weighted by Gasteiger charge is 2.16. The van der Waals surface area contributed by atoms with Crippen LogP contribution in [0.2, 0.25) is 0 Å². The van der Waals surface area contributed by atoms with E-state index in [1.165, 1.54) is 24.3 Å². The number of anilines is 1. The summed E-state index contributed by atoms with van der Waals surface area (Å²) >= 11 is 3.07. The molecule has 0 aliphatic rings. The Morgan fingerprint density at radius 3 is 2.68 bits per heavy atom. The van der Waals surface area contributed by atoms with Crippen LogP contribution in [0.4, 0.5) is 14.9 Å². The average molecular weight is 410 g/mol. The number of hydrogen-bond acceptors (Lipinski definition) is 4. The molecule has 0 aromatic heterocycles. The van der Waals surface area contributed by atoms with Crippen molar-refractivity contribution in [2.75, 3.05) is 18.5 Å². The standard InChI is InChI=1S/C18H17BrFNO4/c19-14-8-9-15(17(16(14)20)24-11-5-4-10-22)21-18(23)25-12-13-6-2-1-3-7-13/h1-9,22H,10-12H2,(H,21,23)/b5-4-. The van der Waals surface area contributed by atoms with Gasteiger partial charge in [0, 0.05) is 0 Å². The molecule has 0 bridgehead atoms. The van der Waals surface area contributed by atoms with Crippen LogP contribution in [0.5, 0.6) is 5.75 Å². The molecule has 7 heteroatoms. The maximum atomic E-state index is 14.2. The summed E-state index contributed by atoms with van der Waals surface area (Å²) in [5.41, 5.74) is 0.987. The number of carbonyl (C=O) groups excluding carboxylic acids is 1. The normalized spacial score (nSPS) is 10.7. The van der Waals surface area contributed by atoms with Gasteiger partial charge in [0.15, 0.2) is 11.6 Å². The van der Waals surface area contributed by atoms with Crippen LogP contribution in [-0.4, -0.2) is 24.4 Å². The third-order valence-electron chi connectivity index (χ3n) is 3.10. The summed E-state index contributed by atoms with van der Waals surface area (Å²) in [6, 6.07) is 12.2. The summed E-state index contributed by atoms with van der Waals surface area (Å²) in [4.78, 5) is 11.9. The van der Waals surface area contributed by atoms with E-state index in [1.807, 2.05) is 30.3 Å². The van der Waals surface area contributed by atoms with Gasteiger partial charge in [-0.15, -0.1) is 0 Å². The van der Waals surface area contributed by atoms with Crippen molar-refractivity contribution in [2.24, 2.45) is 0 Å². The van der Waals surface area contributed by atoms with E-state index in [4.69, 9.17) is 14.6 Å². The monoisotopic (exact) mass is 409 g/mol. The van der Waals surface area contributed by atoms with E-state index in [0.717, 1.165) is 5.56 Å². The van der Waals surface area contributed by atoms with E-state index in [1.54, 1.807) is 0 Å². The average Bonchev–Trinajstić information content (AvgIpc) is 2.63. The minimum absolute atomic E-state index is 0.0433. The molecule has 0 radical (unpaired) electrons. The zero-order valence-corrected chi connectivity index (χ0v) is 14.8. The molecular formula is C18H17BrFNO4. The van der Waals surface area contributed by atoms with Gasteiger partial charge in [0.2, 0.25) is 0 Å². The molecule has 1 amide bonds. The van der Waals surface area contributed by atoms with Crippen LogP contribution in [-0.2, 0) is 11.3 Å². The predicted octanol–water partition coefficient (Wildman–Crippen LogP) is 4.26. The fourth-order valence-electron chi connectivity index (χ4n) is 1.91. The largest absolute Gasteiger partial charge is 0.484 e. The SMILES string of the molecule is O=C(Nc1ccc(Br)c(F)c1OC/C=C\CO)OCc1ccccc1. The van der Waals surface area contributed by atoms with Crippen molar-refractivity contribution < 1.29 is 23.8 Å². The molecule has 0 aliphatic heterocycles. The Morgan fingerprint density at radius 2 is 1.96 bits per heavy atom. The van der Waals surface area contributed by atoms with E-state index >= 15 is 0 Å². The van der Waals surface area contributed by atoms with Crippen molar-refractivity contribution in [3.05, 3.63) is 70.5 Å². The lowest BCUT2D eigenvalue weighted by Crippen LogP contribution is -2.15. The van der Waals surface area contributed by atoms with Gasteiger partial charge in [-0.1, -0.05) is 36.4 Å². The summed E-state index contributed by atoms with van der Waals surface area (Å²) in [5.74, 6) is -0.758. The van der Waals surface area contributed by atoms with Gasteiger partial charge in [-0.2, -0.15) is 0 Å². The van der Waals surface area contributed by atoms with E-state index in [9.17, 15) is 9.18 Å². The summed E-state index contributed by atoms with van der Waals surface area (Å²) in [6.07, 6.45) is 2.29. The van der Waals surface area contributed by atoms with Gasteiger partial charge in [-0.05, 0) is 39.7 Å². The number of benzene rings is 2. The zero-order valence-electron chi connectivity index (χ0n) is 13.2. The number of halogens is 2. The van der Waals surface area contributed by atoms with Crippen LogP contribution < -0.4 is 10.1 Å². The molecule has 0 saturated heterocycles. The van der Waals surface area contributed by atoms with Crippen LogP contribution in [0.3, 0.4) is 0 Å². The fourth-order valence-corrected chi connectivity index (χ4v) is 2.23. The molecule has 5 nitrogen and oxygen atoms in total. The first kappa shape index (κ1) is 19.0. The highest BCUT2D eigenvalue weighted by atomic mass is 79.9. The van der Waals surface area contributed by atoms with Crippen LogP contribution in [0, 0.1) is 5.82 Å². The van der Waals surface area contributed by atoms with Crippen molar-refractivity contribution in [3.63, 3.8) is 0 Å². The van der Waals surface area contributed by atoms with E-state index in [-0.39, 0.29) is 35.7 Å². The Labute approximate surface area is 153 Å². The number of nitrogens with one attached hydrogen (secondary N) is 1. The van der Waals surface area contributed by atoms with Crippen molar-refractivity contribution in [1.82, 2.24) is 0 Å². The highest BCUT2D eigenvalue weighted by Crippen LogP contribution is 2.33. The Kier molecular flexibility index (Phi) is 7.43. The molecule has 0 aliphatic carbocycles. The lowest BCUT2D eigenvalue weighted by atomic mass is 10.2. The van der Waals surface area contributed by atoms with Gasteiger partial charge in [-0.25, -0.2) is 9.18 Å². The van der Waals surface area contributed by atoms with Gasteiger partial charge in [0.1, 0.15) is 13.2 Å². The lowest BCUT2D eigenvalue weighted by molar-refractivity contribution is 0.155. The molecular weight excluding hydrogens is 393 g/mol. The number of carbonyl (C=O) groups is 1. The van der Waals surface area contributed by atoms with Crippen LogP contribution in [0.1, 0.15) is 5.56 Å². The van der Waals surface area contributed by atoms with Crippen molar-refractivity contribution in [2.45, 2.75) is 6.61 Å². The van der Waals surface area contributed by atoms with Crippen molar-refractivity contribution in [3.8, 4) is 5.75 Å². The van der Waals surface area contributed by atoms with E-state index in [2.05, 4.69) is 21.2 Å². The van der Waals surface area contributed by atoms with Crippen LogP contribution >= 0.6 is 15.9 Å². The second-order valence-electron chi connectivity index (χ2n) is 4.89. The topological polar surface area (TPSA) is 67.8 Å². The molecule has 2 aromatic carbocycles. The molecule has 2 rings (SSSR count). The number of hydrogen-bond donors (Lipinski definition) is 2. The molecule has 0 fully saturated rings. The summed E-state index contributed by atoms with van der Waals surface area (Å²) in [5, 5.41) is 11.2. The Bertz CT molecular complexity index is 737. The number of aliphatic hydroxyl groups excluding tert-OH is 1. The van der Waals surface area contributed by atoms with Gasteiger partial charge in [-0.3, -0.25) is 5.32 Å². The number of ether oxygens (including phenoxy) is 2. The highest BCUT2D eigenvalue weighted by molar-refractivity contribution is 9.10. The number of amides is 1. The third-order valence-corrected chi connectivity index (χ3v) is 3.71. The predicted molar refractivity (Wildman–Crippen MR) is 96.1 cm³/mol. The molecule has 0 spiro atoms. The number of aliphatic hydroxyl groups is 1. The Morgan fingerprint density at radius 1 is 1.20 bits per heavy atom. The van der Waals surface area contributed by atoms with Crippen LogP contribution in [0.25, 0.3) is 0 Å². The minimum Gasteiger partial charge on any atom is -0.484 e. The first-order valence-corrected chi connectivity index (χ1v) is 8.25. The second-order valence-corrected chi connectivity index (χ2v) is 5.74. The van der Waals surface area contributed by atoms with Gasteiger partial charge in [0.05, 0.1) is 16.8 Å². The molecule has 0 saturated carbocycles. The van der Waals surface area contributed by atoms with E-state index < -0.39 is 11.9 Å². The lowest BCUT2D eigenvalue weighted by Gasteiger charge is -2.13. The summed E-state index contributed by atoms with van der Waals surface area (Å²) in [6.45, 7) is 0.00400. The zero-order chi connectivity index (χ0) is 18.1. The molecule has 0 atom stereocenters. The van der Waals surface area contributed by atoms with Crippen molar-refractivity contribution in [1.29, 1.82) is 0 Å². The van der Waals surface area contributed by atoms with Gasteiger partial charge >= 0.3 is 6.09 Å². The molecule has 132 valence electrons. The van der Waals surface area contributed by atoms with Gasteiger partial charge in [0.25, 0.3) is 0 Å².